The maximum absolute atomic E-state index is 13.3. The molecule has 2 aromatic heterocycles. The number of aliphatic hydroxyl groups is 1. The maximum atomic E-state index is 13.3. The highest BCUT2D eigenvalue weighted by Gasteiger charge is 2.36. The zero-order valence-corrected chi connectivity index (χ0v) is 15.6. The van der Waals surface area contributed by atoms with Crippen LogP contribution in [0.2, 0.25) is 0 Å². The van der Waals surface area contributed by atoms with Crippen LogP contribution in [0.25, 0.3) is 5.82 Å². The van der Waals surface area contributed by atoms with Crippen LogP contribution in [-0.4, -0.2) is 19.9 Å². The van der Waals surface area contributed by atoms with Crippen molar-refractivity contribution in [2.45, 2.75) is 25.5 Å². The number of nitrogens with zero attached hydrogens (tertiary/aromatic N) is 4. The second-order valence-corrected chi connectivity index (χ2v) is 6.40. The minimum Gasteiger partial charge on any atom is -0.369 e. The van der Waals surface area contributed by atoms with Crippen molar-refractivity contribution >= 4 is 5.82 Å². The van der Waals surface area contributed by atoms with Crippen LogP contribution in [0.3, 0.4) is 0 Å². The first-order valence-electron chi connectivity index (χ1n) is 8.57. The largest absolute Gasteiger partial charge is 0.417 e. The zero-order chi connectivity index (χ0) is 23.0. The zero-order valence-electron chi connectivity index (χ0n) is 15.6. The van der Waals surface area contributed by atoms with Crippen LogP contribution in [0.15, 0.2) is 42.6 Å². The number of nitriles is 1. The third-order valence-electron chi connectivity index (χ3n) is 4.20. The molecule has 3 rings (SSSR count). The first-order valence-corrected chi connectivity index (χ1v) is 8.57. The molecule has 0 aliphatic heterocycles. The van der Waals surface area contributed by atoms with E-state index in [1.54, 1.807) is 0 Å². The van der Waals surface area contributed by atoms with E-state index < -0.39 is 46.7 Å². The number of hydrogen-bond acceptors (Lipinski definition) is 5. The number of nitrogens with one attached hydrogen (secondary N) is 1. The summed E-state index contributed by atoms with van der Waals surface area (Å²) in [5, 5.41) is 25.7. The second kappa shape index (κ2) is 7.92. The normalized spacial score (nSPS) is 13.0. The molecule has 2 N–H and O–H groups in total. The van der Waals surface area contributed by atoms with E-state index in [1.165, 1.54) is 31.2 Å². The van der Waals surface area contributed by atoms with Gasteiger partial charge in [-0.15, -0.1) is 5.10 Å². The molecule has 0 saturated heterocycles. The molecule has 6 nitrogen and oxygen atoms in total. The van der Waals surface area contributed by atoms with Crippen molar-refractivity contribution in [1.82, 2.24) is 14.8 Å². The molecule has 0 spiro atoms. The molecule has 0 aliphatic rings. The summed E-state index contributed by atoms with van der Waals surface area (Å²) in [6.45, 7) is 1.31. The molecule has 1 aromatic carbocycles. The summed E-state index contributed by atoms with van der Waals surface area (Å²) >= 11 is 0. The van der Waals surface area contributed by atoms with E-state index in [-0.39, 0.29) is 11.5 Å². The fraction of sp³-hybridized carbons (Fsp3) is 0.211. The molecule has 0 bridgehead atoms. The smallest absolute Gasteiger partial charge is 0.369 e. The topological polar surface area (TPSA) is 86.8 Å². The lowest BCUT2D eigenvalue weighted by molar-refractivity contribution is -0.139. The fourth-order valence-corrected chi connectivity index (χ4v) is 2.89. The number of aliphatic hydroxyl groups excluding tert-OH is 1. The number of pyridine rings is 1. The number of hydrogen-bond donors (Lipinski definition) is 2. The predicted molar refractivity (Wildman–Crippen MR) is 95.8 cm³/mol. The van der Waals surface area contributed by atoms with Gasteiger partial charge in [-0.25, -0.2) is 9.67 Å². The van der Waals surface area contributed by atoms with Gasteiger partial charge in [-0.05, 0) is 19.1 Å². The summed E-state index contributed by atoms with van der Waals surface area (Å²) in [6.07, 6.45) is -10.2. The van der Waals surface area contributed by atoms with Crippen molar-refractivity contribution in [3.63, 3.8) is 0 Å². The van der Waals surface area contributed by atoms with E-state index in [2.05, 4.69) is 15.4 Å². The van der Waals surface area contributed by atoms with Gasteiger partial charge in [-0.3, -0.25) is 0 Å². The highest BCUT2D eigenvalue weighted by atomic mass is 19.4. The van der Waals surface area contributed by atoms with Crippen LogP contribution in [0, 0.1) is 18.3 Å². The third-order valence-corrected chi connectivity index (χ3v) is 4.20. The summed E-state index contributed by atoms with van der Waals surface area (Å²) < 4.78 is 80.1. The van der Waals surface area contributed by atoms with E-state index in [0.717, 1.165) is 29.1 Å². The van der Waals surface area contributed by atoms with Crippen LogP contribution in [0.1, 0.15) is 34.2 Å². The Bertz CT molecular complexity index is 1150. The number of benzene rings is 1. The average Bonchev–Trinajstić information content (AvgIpc) is 3.14. The summed E-state index contributed by atoms with van der Waals surface area (Å²) in [5.41, 5.74) is -3.51. The Labute approximate surface area is 171 Å². The van der Waals surface area contributed by atoms with E-state index in [0.29, 0.717) is 0 Å². The minimum absolute atomic E-state index is 0.0227. The molecule has 31 heavy (non-hydrogen) atoms. The quantitative estimate of drug-likeness (QED) is 0.457. The number of anilines is 1. The summed E-state index contributed by atoms with van der Waals surface area (Å²) in [4.78, 5) is 3.92. The van der Waals surface area contributed by atoms with Crippen LogP contribution in [-0.2, 0) is 12.4 Å². The molecule has 0 radical (unpaired) electrons. The molecule has 162 valence electrons. The van der Waals surface area contributed by atoms with E-state index in [9.17, 15) is 36.7 Å². The van der Waals surface area contributed by atoms with Crippen molar-refractivity contribution < 1.29 is 31.4 Å². The Hall–Kier alpha value is -3.59. The number of alkyl halides is 6. The average molecular weight is 441 g/mol. The lowest BCUT2D eigenvalue weighted by Crippen LogP contribution is -2.17. The lowest BCUT2D eigenvalue weighted by atomic mass is 10.1. The van der Waals surface area contributed by atoms with Gasteiger partial charge in [0, 0.05) is 23.5 Å². The van der Waals surface area contributed by atoms with Gasteiger partial charge in [0.25, 0.3) is 0 Å². The van der Waals surface area contributed by atoms with Crippen LogP contribution in [0.4, 0.5) is 32.2 Å². The van der Waals surface area contributed by atoms with Gasteiger partial charge in [0.15, 0.2) is 17.9 Å². The van der Waals surface area contributed by atoms with Gasteiger partial charge >= 0.3 is 12.4 Å². The van der Waals surface area contributed by atoms with Gasteiger partial charge in [-0.1, -0.05) is 18.2 Å². The Morgan fingerprint density at radius 3 is 2.32 bits per heavy atom. The third kappa shape index (κ3) is 4.61. The molecular formula is C19H13F6N5O. The number of aromatic nitrogens is 3. The van der Waals surface area contributed by atoms with Crippen molar-refractivity contribution in [3.05, 3.63) is 70.5 Å². The Balaban J connectivity index is 1.96. The first-order chi connectivity index (χ1) is 14.4. The SMILES string of the molecule is Cc1cc(C(F)(F)F)c(C#N)c(-n2ccc(NC(O)c3ccccc3C(F)(F)F)n2)n1. The van der Waals surface area contributed by atoms with Crippen LogP contribution < -0.4 is 5.32 Å². The summed E-state index contributed by atoms with van der Waals surface area (Å²) in [6, 6.07) is 7.73. The summed E-state index contributed by atoms with van der Waals surface area (Å²) in [7, 11) is 0. The molecule has 3 aromatic rings. The van der Waals surface area contributed by atoms with Crippen molar-refractivity contribution in [3.8, 4) is 11.9 Å². The molecule has 1 unspecified atom stereocenters. The van der Waals surface area contributed by atoms with E-state index in [1.807, 2.05) is 0 Å². The molecule has 0 amide bonds. The Kier molecular flexibility index (Phi) is 5.64. The molecule has 12 heteroatoms. The molecule has 1 atom stereocenters. The molecule has 0 aliphatic carbocycles. The number of aryl methyl sites for hydroxylation is 1. The Morgan fingerprint density at radius 2 is 1.71 bits per heavy atom. The fourth-order valence-electron chi connectivity index (χ4n) is 2.89. The van der Waals surface area contributed by atoms with Gasteiger partial charge in [0.2, 0.25) is 0 Å². The van der Waals surface area contributed by atoms with Gasteiger partial charge in [0.05, 0.1) is 11.1 Å². The van der Waals surface area contributed by atoms with Gasteiger partial charge < -0.3 is 10.4 Å². The molecule has 0 fully saturated rings. The maximum Gasteiger partial charge on any atom is 0.417 e. The minimum atomic E-state index is -4.81. The standard InChI is InChI=1S/C19H13F6N5O/c1-10-8-14(19(23,24)25)12(9-26)16(27-10)30-7-6-15(29-30)28-17(31)11-4-2-3-5-13(11)18(20,21)22/h2-8,17,31H,1H3,(H,28,29). The first kappa shape index (κ1) is 22.1. The number of rotatable bonds is 4. The summed E-state index contributed by atoms with van der Waals surface area (Å²) in [5.74, 6) is -0.557. The van der Waals surface area contributed by atoms with Gasteiger partial charge in [0.1, 0.15) is 11.6 Å². The number of halogens is 6. The van der Waals surface area contributed by atoms with Crippen LogP contribution >= 0.6 is 0 Å². The monoisotopic (exact) mass is 441 g/mol. The highest BCUT2D eigenvalue weighted by molar-refractivity contribution is 5.52. The second-order valence-electron chi connectivity index (χ2n) is 6.40. The van der Waals surface area contributed by atoms with Crippen molar-refractivity contribution in [1.29, 1.82) is 5.26 Å². The molecule has 0 saturated carbocycles. The van der Waals surface area contributed by atoms with Crippen molar-refractivity contribution in [2.24, 2.45) is 0 Å². The predicted octanol–water partition coefficient (Wildman–Crippen LogP) is 4.59. The highest BCUT2D eigenvalue weighted by Crippen LogP contribution is 2.36. The Morgan fingerprint density at radius 1 is 1.06 bits per heavy atom. The van der Waals surface area contributed by atoms with Crippen molar-refractivity contribution in [2.75, 3.05) is 5.32 Å². The van der Waals surface area contributed by atoms with Gasteiger partial charge in [-0.2, -0.15) is 31.6 Å². The molecule has 2 heterocycles. The van der Waals surface area contributed by atoms with Crippen LogP contribution in [0.5, 0.6) is 0 Å². The van der Waals surface area contributed by atoms with E-state index in [4.69, 9.17) is 0 Å². The van der Waals surface area contributed by atoms with E-state index >= 15 is 0 Å². The molecular weight excluding hydrogens is 428 g/mol. The lowest BCUT2D eigenvalue weighted by Gasteiger charge is -2.18.